The fourth-order valence-corrected chi connectivity index (χ4v) is 5.23. The Labute approximate surface area is 185 Å². The van der Waals surface area contributed by atoms with Crippen LogP contribution in [-0.2, 0) is 4.79 Å². The third kappa shape index (κ3) is 4.78. The highest BCUT2D eigenvalue weighted by Gasteiger charge is 2.27. The quantitative estimate of drug-likeness (QED) is 0.615. The van der Waals surface area contributed by atoms with E-state index < -0.39 is 0 Å². The summed E-state index contributed by atoms with van der Waals surface area (Å²) in [6.07, 6.45) is 4.21. The number of thiazole rings is 1. The van der Waals surface area contributed by atoms with Crippen LogP contribution < -0.4 is 10.6 Å². The van der Waals surface area contributed by atoms with Crippen LogP contribution >= 0.6 is 11.3 Å². The molecule has 0 bridgehead atoms. The summed E-state index contributed by atoms with van der Waals surface area (Å²) in [5.74, 6) is 0.152. The van der Waals surface area contributed by atoms with Gasteiger partial charge in [0.25, 0.3) is 5.91 Å². The zero-order valence-corrected chi connectivity index (χ0v) is 18.2. The van der Waals surface area contributed by atoms with Crippen LogP contribution in [0.4, 0.5) is 5.69 Å². The van der Waals surface area contributed by atoms with Gasteiger partial charge in [-0.1, -0.05) is 24.3 Å². The number of amides is 2. The summed E-state index contributed by atoms with van der Waals surface area (Å²) in [4.78, 5) is 32.3. The maximum absolute atomic E-state index is 12.8. The molecule has 3 aromatic rings. The minimum Gasteiger partial charge on any atom is -0.349 e. The van der Waals surface area contributed by atoms with E-state index in [0.717, 1.165) is 49.3 Å². The molecule has 6 nitrogen and oxygen atoms in total. The molecular formula is C24H26N4O2S. The van der Waals surface area contributed by atoms with Gasteiger partial charge in [-0.2, -0.15) is 0 Å². The van der Waals surface area contributed by atoms with Crippen LogP contribution in [0.1, 0.15) is 47.0 Å². The predicted octanol–water partition coefficient (Wildman–Crippen LogP) is 4.01. The molecule has 31 heavy (non-hydrogen) atoms. The molecule has 1 atom stereocenters. The van der Waals surface area contributed by atoms with Crippen LogP contribution in [0.2, 0.25) is 0 Å². The van der Waals surface area contributed by atoms with Gasteiger partial charge in [-0.05, 0) is 56.5 Å². The molecule has 2 N–H and O–H groups in total. The van der Waals surface area contributed by atoms with E-state index in [2.05, 4.69) is 27.7 Å². The lowest BCUT2D eigenvalue weighted by molar-refractivity contribution is -0.117. The van der Waals surface area contributed by atoms with Crippen molar-refractivity contribution in [3.05, 3.63) is 59.1 Å². The Balaban J connectivity index is 1.22. The van der Waals surface area contributed by atoms with Gasteiger partial charge in [-0.25, -0.2) is 4.98 Å². The van der Waals surface area contributed by atoms with Crippen LogP contribution in [0.5, 0.6) is 0 Å². The van der Waals surface area contributed by atoms with E-state index in [0.29, 0.717) is 23.7 Å². The molecule has 160 valence electrons. The average molecular weight is 435 g/mol. The Morgan fingerprint density at radius 3 is 2.71 bits per heavy atom. The summed E-state index contributed by atoms with van der Waals surface area (Å²) >= 11 is 1.76. The number of para-hydroxylation sites is 2. The average Bonchev–Trinajstić information content (AvgIpc) is 3.48. The monoisotopic (exact) mass is 434 g/mol. The standard InChI is InChI=1S/C24H26N4O2S/c29-22(26-19-8-2-1-7-18(19)23(30)25-17-11-12-17)15-28-13-5-6-16(14-28)24-27-20-9-3-4-10-21(20)31-24/h1-4,7-10,16-17H,5-6,11-15H2,(H,25,30)(H,26,29)/t16-/m0/s1. The Hall–Kier alpha value is -2.77. The van der Waals surface area contributed by atoms with Crippen LogP contribution in [0, 0.1) is 0 Å². The number of carbonyl (C=O) groups is 2. The predicted molar refractivity (Wildman–Crippen MR) is 124 cm³/mol. The molecule has 1 aliphatic carbocycles. The van der Waals surface area contributed by atoms with Crippen molar-refractivity contribution in [1.29, 1.82) is 0 Å². The molecule has 2 aromatic carbocycles. The Kier molecular flexibility index (Phi) is 5.70. The van der Waals surface area contributed by atoms with Crippen LogP contribution in [-0.4, -0.2) is 47.4 Å². The number of carbonyl (C=O) groups excluding carboxylic acids is 2. The van der Waals surface area contributed by atoms with Gasteiger partial charge in [0.05, 0.1) is 33.0 Å². The summed E-state index contributed by atoms with van der Waals surface area (Å²) in [6.45, 7) is 2.05. The topological polar surface area (TPSA) is 74.3 Å². The van der Waals surface area contributed by atoms with Gasteiger partial charge in [0, 0.05) is 18.5 Å². The fraction of sp³-hybridized carbons (Fsp3) is 0.375. The summed E-state index contributed by atoms with van der Waals surface area (Å²) in [5.41, 5.74) is 2.15. The summed E-state index contributed by atoms with van der Waals surface area (Å²) in [7, 11) is 0. The Bertz CT molecular complexity index is 1070. The first kappa shape index (κ1) is 20.2. The van der Waals surface area contributed by atoms with Crippen molar-refractivity contribution >= 4 is 39.1 Å². The number of likely N-dealkylation sites (tertiary alicyclic amines) is 1. The van der Waals surface area contributed by atoms with Crippen molar-refractivity contribution in [3.63, 3.8) is 0 Å². The third-order valence-electron chi connectivity index (χ3n) is 5.89. The van der Waals surface area contributed by atoms with Crippen molar-refractivity contribution in [2.24, 2.45) is 0 Å². The van der Waals surface area contributed by atoms with E-state index in [1.54, 1.807) is 23.5 Å². The molecule has 2 heterocycles. The summed E-state index contributed by atoms with van der Waals surface area (Å²) in [5, 5.41) is 7.11. The number of fused-ring (bicyclic) bond motifs is 1. The maximum Gasteiger partial charge on any atom is 0.253 e. The van der Waals surface area contributed by atoms with Gasteiger partial charge in [-0.15, -0.1) is 11.3 Å². The van der Waals surface area contributed by atoms with E-state index in [1.807, 2.05) is 24.3 Å². The molecule has 0 unspecified atom stereocenters. The van der Waals surface area contributed by atoms with Gasteiger partial charge in [0.2, 0.25) is 5.91 Å². The van der Waals surface area contributed by atoms with Crippen molar-refractivity contribution in [2.75, 3.05) is 25.0 Å². The van der Waals surface area contributed by atoms with E-state index >= 15 is 0 Å². The molecule has 1 saturated heterocycles. The SMILES string of the molecule is O=C(CN1CCC[C@H](c2nc3ccccc3s2)C1)Nc1ccccc1C(=O)NC1CC1. The molecule has 7 heteroatoms. The molecule has 2 amide bonds. The number of nitrogens with one attached hydrogen (secondary N) is 2. The molecular weight excluding hydrogens is 408 g/mol. The van der Waals surface area contributed by atoms with Gasteiger partial charge >= 0.3 is 0 Å². The fourth-order valence-electron chi connectivity index (χ4n) is 4.14. The second-order valence-electron chi connectivity index (χ2n) is 8.44. The normalized spacial score (nSPS) is 19.3. The number of piperidine rings is 1. The van der Waals surface area contributed by atoms with Gasteiger partial charge in [0.1, 0.15) is 0 Å². The lowest BCUT2D eigenvalue weighted by Crippen LogP contribution is -2.40. The second-order valence-corrected chi connectivity index (χ2v) is 9.50. The highest BCUT2D eigenvalue weighted by Crippen LogP contribution is 2.33. The molecule has 0 spiro atoms. The molecule has 5 rings (SSSR count). The molecule has 1 saturated carbocycles. The zero-order chi connectivity index (χ0) is 21.2. The van der Waals surface area contributed by atoms with Crippen molar-refractivity contribution in [3.8, 4) is 0 Å². The number of hydrogen-bond acceptors (Lipinski definition) is 5. The highest BCUT2D eigenvalue weighted by atomic mass is 32.1. The molecule has 2 aliphatic rings. The minimum absolute atomic E-state index is 0.0865. The van der Waals surface area contributed by atoms with Crippen LogP contribution in [0.25, 0.3) is 10.2 Å². The lowest BCUT2D eigenvalue weighted by Gasteiger charge is -2.31. The number of benzene rings is 2. The number of hydrogen-bond donors (Lipinski definition) is 2. The highest BCUT2D eigenvalue weighted by molar-refractivity contribution is 7.18. The van der Waals surface area contributed by atoms with Gasteiger partial charge in [-0.3, -0.25) is 14.5 Å². The molecule has 0 radical (unpaired) electrons. The number of nitrogens with zero attached hydrogens (tertiary/aromatic N) is 2. The summed E-state index contributed by atoms with van der Waals surface area (Å²) < 4.78 is 1.22. The molecule has 1 aliphatic heterocycles. The van der Waals surface area contributed by atoms with Gasteiger partial charge < -0.3 is 10.6 Å². The van der Waals surface area contributed by atoms with E-state index in [9.17, 15) is 9.59 Å². The van der Waals surface area contributed by atoms with Crippen molar-refractivity contribution in [1.82, 2.24) is 15.2 Å². The lowest BCUT2D eigenvalue weighted by atomic mass is 9.99. The smallest absolute Gasteiger partial charge is 0.253 e. The number of aromatic nitrogens is 1. The second kappa shape index (κ2) is 8.77. The first-order chi connectivity index (χ1) is 15.2. The van der Waals surface area contributed by atoms with E-state index in [1.165, 1.54) is 4.70 Å². The largest absolute Gasteiger partial charge is 0.349 e. The molecule has 2 fully saturated rings. The van der Waals surface area contributed by atoms with Gasteiger partial charge in [0.15, 0.2) is 0 Å². The van der Waals surface area contributed by atoms with E-state index in [4.69, 9.17) is 4.98 Å². The van der Waals surface area contributed by atoms with Crippen LogP contribution in [0.3, 0.4) is 0 Å². The first-order valence-corrected chi connectivity index (χ1v) is 11.7. The van der Waals surface area contributed by atoms with Crippen LogP contribution in [0.15, 0.2) is 48.5 Å². The number of rotatable bonds is 6. The minimum atomic E-state index is -0.118. The Morgan fingerprint density at radius 2 is 1.87 bits per heavy atom. The molecule has 1 aromatic heterocycles. The number of anilines is 1. The Morgan fingerprint density at radius 1 is 1.06 bits per heavy atom. The zero-order valence-electron chi connectivity index (χ0n) is 17.3. The summed E-state index contributed by atoms with van der Waals surface area (Å²) in [6, 6.07) is 15.7. The maximum atomic E-state index is 12.8. The van der Waals surface area contributed by atoms with Crippen molar-refractivity contribution in [2.45, 2.75) is 37.6 Å². The first-order valence-electron chi connectivity index (χ1n) is 10.9. The van der Waals surface area contributed by atoms with Crippen molar-refractivity contribution < 1.29 is 9.59 Å². The van der Waals surface area contributed by atoms with E-state index in [-0.39, 0.29) is 17.9 Å². The third-order valence-corrected chi connectivity index (χ3v) is 7.09.